The average Bonchev–Trinajstić information content (AvgIpc) is 2.91. The minimum Gasteiger partial charge on any atom is -0.343 e. The first-order valence-corrected chi connectivity index (χ1v) is 9.07. The van der Waals surface area contributed by atoms with E-state index in [0.717, 1.165) is 19.3 Å². The molecule has 14 heteroatoms. The molecule has 0 radical (unpaired) electrons. The van der Waals surface area contributed by atoms with Gasteiger partial charge in [-0.3, -0.25) is 4.79 Å². The molecular weight excluding hydrogens is 425 g/mol. The smallest absolute Gasteiger partial charge is 0.343 e. The zero-order valence-corrected chi connectivity index (χ0v) is 15.5. The van der Waals surface area contributed by atoms with Crippen LogP contribution in [0.5, 0.6) is 0 Å². The third-order valence-corrected chi connectivity index (χ3v) is 5.19. The molecule has 0 saturated carbocycles. The van der Waals surface area contributed by atoms with E-state index < -0.39 is 61.8 Å². The van der Waals surface area contributed by atoms with Crippen molar-refractivity contribution in [2.24, 2.45) is 7.05 Å². The van der Waals surface area contributed by atoms with E-state index >= 15 is 0 Å². The van der Waals surface area contributed by atoms with Gasteiger partial charge >= 0.3 is 6.18 Å². The molecule has 0 aliphatic rings. The lowest BCUT2D eigenvalue weighted by Gasteiger charge is -2.16. The molecule has 2 aromatic heterocycles. The number of alkyl halides is 3. The molecule has 0 bridgehead atoms. The maximum atomic E-state index is 14.6. The summed E-state index contributed by atoms with van der Waals surface area (Å²) in [5.74, 6) is -4.14. The van der Waals surface area contributed by atoms with Gasteiger partial charge in [0.15, 0.2) is 17.3 Å². The van der Waals surface area contributed by atoms with Gasteiger partial charge < -0.3 is 9.88 Å². The van der Waals surface area contributed by atoms with Gasteiger partial charge in [-0.25, -0.2) is 22.2 Å². The summed E-state index contributed by atoms with van der Waals surface area (Å²) < 4.78 is 92.5. The monoisotopic (exact) mass is 437 g/mol. The van der Waals surface area contributed by atoms with E-state index in [1.807, 2.05) is 5.32 Å². The number of nitrogens with zero attached hydrogens (tertiary/aromatic N) is 3. The molecule has 0 aliphatic carbocycles. The third-order valence-electron chi connectivity index (χ3n) is 3.66. The van der Waals surface area contributed by atoms with Crippen LogP contribution in [0.3, 0.4) is 0 Å². The molecule has 1 atom stereocenters. The molecule has 0 saturated heterocycles. The minimum absolute atomic E-state index is 0.519. The van der Waals surface area contributed by atoms with E-state index in [0.29, 0.717) is 17.7 Å². The van der Waals surface area contributed by atoms with Crippen LogP contribution in [0, 0.1) is 23.0 Å². The number of aryl methyl sites for hydroxylation is 1. The van der Waals surface area contributed by atoms with Gasteiger partial charge in [0.2, 0.25) is 10.0 Å². The predicted molar refractivity (Wildman–Crippen MR) is 88.1 cm³/mol. The van der Waals surface area contributed by atoms with Crippen LogP contribution in [-0.2, 0) is 17.1 Å². The molecule has 1 amide bonds. The van der Waals surface area contributed by atoms with Crippen molar-refractivity contribution < 1.29 is 35.2 Å². The summed E-state index contributed by atoms with van der Waals surface area (Å²) in [6.07, 6.45) is -3.33. The number of hydrogen-bond donors (Lipinski definition) is 2. The van der Waals surface area contributed by atoms with E-state index in [1.165, 1.54) is 10.8 Å². The van der Waals surface area contributed by atoms with Crippen LogP contribution in [0.1, 0.15) is 23.1 Å². The van der Waals surface area contributed by atoms with Crippen LogP contribution < -0.4 is 10.0 Å². The fourth-order valence-corrected chi connectivity index (χ4v) is 3.53. The highest BCUT2D eigenvalue weighted by molar-refractivity contribution is 7.89. The molecule has 2 aromatic rings. The molecule has 29 heavy (non-hydrogen) atoms. The topological polar surface area (TPSA) is 117 Å². The number of rotatable bonds is 5. The quantitative estimate of drug-likeness (QED) is 0.695. The largest absolute Gasteiger partial charge is 0.404 e. The molecule has 0 spiro atoms. The number of carbonyl (C=O) groups excluding carboxylic acids is 1. The van der Waals surface area contributed by atoms with E-state index in [4.69, 9.17) is 5.26 Å². The second-order valence-electron chi connectivity index (χ2n) is 5.74. The van der Waals surface area contributed by atoms with Crippen LogP contribution >= 0.6 is 0 Å². The highest BCUT2D eigenvalue weighted by Gasteiger charge is 2.40. The van der Waals surface area contributed by atoms with Gasteiger partial charge in [-0.15, -0.1) is 0 Å². The van der Waals surface area contributed by atoms with Crippen LogP contribution in [0.15, 0.2) is 23.4 Å². The number of sulfonamides is 1. The molecule has 2 heterocycles. The van der Waals surface area contributed by atoms with E-state index in [2.05, 4.69) is 4.98 Å². The van der Waals surface area contributed by atoms with Crippen molar-refractivity contribution in [3.63, 3.8) is 0 Å². The first-order valence-electron chi connectivity index (χ1n) is 7.59. The van der Waals surface area contributed by atoms with E-state index in [-0.39, 0.29) is 0 Å². The Morgan fingerprint density at radius 2 is 1.93 bits per heavy atom. The summed E-state index contributed by atoms with van der Waals surface area (Å²) in [5.41, 5.74) is -2.07. The summed E-state index contributed by atoms with van der Waals surface area (Å²) in [6, 6.07) is -0.113. The standard InChI is InChI=1S/C15H12F5N5O3S/c1-7(15(18,19)20)24-29(27,28)10-6-25(2)13(12(10)17)14(26)23-8-3-4-22-9(5-21)11(8)16/h3-4,6-7,24H,1-2H3,(H,22,23,26). The van der Waals surface area contributed by atoms with Gasteiger partial charge in [0.05, 0.1) is 5.69 Å². The Balaban J connectivity index is 2.39. The lowest BCUT2D eigenvalue weighted by molar-refractivity contribution is -0.147. The van der Waals surface area contributed by atoms with Gasteiger partial charge in [0.25, 0.3) is 5.91 Å². The molecule has 0 aliphatic heterocycles. The lowest BCUT2D eigenvalue weighted by Crippen LogP contribution is -2.43. The summed E-state index contributed by atoms with van der Waals surface area (Å²) in [7, 11) is -3.91. The Bertz CT molecular complexity index is 1100. The molecule has 2 rings (SSSR count). The Hall–Kier alpha value is -3.05. The third kappa shape index (κ3) is 4.51. The zero-order valence-electron chi connectivity index (χ0n) is 14.7. The maximum Gasteiger partial charge on any atom is 0.404 e. The fourth-order valence-electron chi connectivity index (χ4n) is 2.18. The minimum atomic E-state index is -4.97. The predicted octanol–water partition coefficient (Wildman–Crippen LogP) is 2.05. The second-order valence-corrected chi connectivity index (χ2v) is 7.42. The molecule has 0 fully saturated rings. The molecule has 0 aromatic carbocycles. The van der Waals surface area contributed by atoms with Crippen molar-refractivity contribution in [1.82, 2.24) is 14.3 Å². The summed E-state index contributed by atoms with van der Waals surface area (Å²) in [4.78, 5) is 14.5. The van der Waals surface area contributed by atoms with Crippen LogP contribution in [0.4, 0.5) is 27.6 Å². The van der Waals surface area contributed by atoms with Crippen LogP contribution in [0.25, 0.3) is 0 Å². The number of halogens is 5. The van der Waals surface area contributed by atoms with Crippen molar-refractivity contribution >= 4 is 21.6 Å². The Labute approximate surface area is 161 Å². The number of nitriles is 1. The van der Waals surface area contributed by atoms with Gasteiger partial charge in [-0.1, -0.05) is 0 Å². The first kappa shape index (κ1) is 22.2. The van der Waals surface area contributed by atoms with Crippen molar-refractivity contribution in [2.75, 3.05) is 5.32 Å². The Morgan fingerprint density at radius 3 is 2.48 bits per heavy atom. The van der Waals surface area contributed by atoms with Crippen molar-refractivity contribution in [3.05, 3.63) is 41.5 Å². The fraction of sp³-hybridized carbons (Fsp3) is 0.267. The van der Waals surface area contributed by atoms with E-state index in [9.17, 15) is 35.2 Å². The average molecular weight is 437 g/mol. The number of nitrogens with one attached hydrogen (secondary N) is 2. The number of aromatic nitrogens is 2. The highest BCUT2D eigenvalue weighted by Crippen LogP contribution is 2.25. The SMILES string of the molecule is CC(NS(=O)(=O)c1cn(C)c(C(=O)Nc2ccnc(C#N)c2F)c1F)C(F)(F)F. The molecule has 2 N–H and O–H groups in total. The number of hydrogen-bond acceptors (Lipinski definition) is 5. The number of pyridine rings is 1. The van der Waals surface area contributed by atoms with E-state index in [1.54, 1.807) is 0 Å². The number of carbonyl (C=O) groups is 1. The summed E-state index contributed by atoms with van der Waals surface area (Å²) >= 11 is 0. The van der Waals surface area contributed by atoms with Crippen LogP contribution in [-0.4, -0.2) is 36.1 Å². The number of anilines is 1. The normalized spacial score (nSPS) is 13.0. The van der Waals surface area contributed by atoms with Crippen molar-refractivity contribution in [1.29, 1.82) is 5.26 Å². The van der Waals surface area contributed by atoms with Gasteiger partial charge in [-0.2, -0.15) is 23.2 Å². The maximum absolute atomic E-state index is 14.6. The first-order chi connectivity index (χ1) is 13.3. The highest BCUT2D eigenvalue weighted by atomic mass is 32.2. The Morgan fingerprint density at radius 1 is 1.31 bits per heavy atom. The summed E-state index contributed by atoms with van der Waals surface area (Å²) in [5, 5.41) is 10.7. The van der Waals surface area contributed by atoms with Crippen molar-refractivity contribution in [2.45, 2.75) is 24.0 Å². The zero-order chi connectivity index (χ0) is 22.1. The second kappa shape index (κ2) is 7.76. The molecule has 8 nitrogen and oxygen atoms in total. The Kier molecular flexibility index (Phi) is 5.95. The molecule has 1 unspecified atom stereocenters. The van der Waals surface area contributed by atoms with Gasteiger partial charge in [0.1, 0.15) is 22.7 Å². The van der Waals surface area contributed by atoms with Crippen LogP contribution in [0.2, 0.25) is 0 Å². The van der Waals surface area contributed by atoms with Gasteiger partial charge in [0, 0.05) is 19.4 Å². The number of amides is 1. The summed E-state index contributed by atoms with van der Waals surface area (Å²) in [6.45, 7) is 0.519. The molecule has 156 valence electrons. The molecular formula is C15H12F5N5O3S. The lowest BCUT2D eigenvalue weighted by atomic mass is 10.3. The van der Waals surface area contributed by atoms with Crippen molar-refractivity contribution in [3.8, 4) is 6.07 Å². The van der Waals surface area contributed by atoms with Gasteiger partial charge in [-0.05, 0) is 13.0 Å².